The number of benzene rings is 1. The van der Waals surface area contributed by atoms with E-state index in [4.69, 9.17) is 9.47 Å². The van der Waals surface area contributed by atoms with Crippen LogP contribution < -0.4 is 10.1 Å². The molecule has 0 aliphatic carbocycles. The lowest BCUT2D eigenvalue weighted by atomic mass is 9.99. The highest BCUT2D eigenvalue weighted by molar-refractivity contribution is 7.89. The fourth-order valence-corrected chi connectivity index (χ4v) is 4.72. The van der Waals surface area contributed by atoms with Gasteiger partial charge in [-0.2, -0.15) is 4.31 Å². The maximum Gasteiger partial charge on any atom is 0.243 e. The molecule has 1 aromatic heterocycles. The Morgan fingerprint density at radius 3 is 2.76 bits per heavy atom. The highest BCUT2D eigenvalue weighted by Crippen LogP contribution is 2.26. The number of pyridine rings is 1. The summed E-state index contributed by atoms with van der Waals surface area (Å²) in [6.45, 7) is 1.25. The molecule has 1 amide bonds. The summed E-state index contributed by atoms with van der Waals surface area (Å²) in [6.07, 6.45) is 2.81. The molecular weight excluding hydrogens is 394 g/mol. The number of rotatable bonds is 8. The van der Waals surface area contributed by atoms with Crippen LogP contribution in [0.4, 0.5) is 5.69 Å². The topological polar surface area (TPSA) is 97.8 Å². The number of carbonyl (C=O) groups is 1. The van der Waals surface area contributed by atoms with Crippen LogP contribution in [-0.2, 0) is 19.6 Å². The summed E-state index contributed by atoms with van der Waals surface area (Å²) in [6, 6.07) is 11.7. The number of piperidine rings is 1. The number of amides is 1. The number of anilines is 1. The van der Waals surface area contributed by atoms with Gasteiger partial charge in [0.15, 0.2) is 0 Å². The maximum atomic E-state index is 12.9. The summed E-state index contributed by atoms with van der Waals surface area (Å²) in [7, 11) is -2.05. The van der Waals surface area contributed by atoms with Crippen LogP contribution in [0.15, 0.2) is 53.6 Å². The summed E-state index contributed by atoms with van der Waals surface area (Å²) >= 11 is 0. The highest BCUT2D eigenvalue weighted by atomic mass is 32.2. The second-order valence-electron chi connectivity index (χ2n) is 6.70. The van der Waals surface area contributed by atoms with Crippen LogP contribution in [0, 0.1) is 5.92 Å². The van der Waals surface area contributed by atoms with Crippen molar-refractivity contribution in [1.82, 2.24) is 9.29 Å². The molecular formula is C20H25N3O5S. The lowest BCUT2D eigenvalue weighted by Gasteiger charge is -2.31. The number of aromatic nitrogens is 1. The molecule has 8 nitrogen and oxygen atoms in total. The van der Waals surface area contributed by atoms with E-state index >= 15 is 0 Å². The van der Waals surface area contributed by atoms with Crippen molar-refractivity contribution >= 4 is 21.6 Å². The summed E-state index contributed by atoms with van der Waals surface area (Å²) < 4.78 is 37.6. The SMILES string of the molecule is COCCOc1ncccc1NC(=O)C1CCCN(S(=O)(=O)c2ccccc2)C1. The minimum Gasteiger partial charge on any atom is -0.474 e. The molecule has 2 aromatic rings. The average Bonchev–Trinajstić information content (AvgIpc) is 2.76. The van der Waals surface area contributed by atoms with Gasteiger partial charge in [-0.15, -0.1) is 0 Å². The molecule has 1 unspecified atom stereocenters. The van der Waals surface area contributed by atoms with Crippen LogP contribution in [0.25, 0.3) is 0 Å². The molecule has 156 valence electrons. The molecule has 1 N–H and O–H groups in total. The van der Waals surface area contributed by atoms with Crippen LogP contribution in [0.2, 0.25) is 0 Å². The zero-order valence-electron chi connectivity index (χ0n) is 16.3. The molecule has 1 aliphatic rings. The minimum absolute atomic E-state index is 0.142. The molecule has 1 aromatic carbocycles. The molecule has 3 rings (SSSR count). The third kappa shape index (κ3) is 5.31. The zero-order chi connectivity index (χ0) is 20.7. The van der Waals surface area contributed by atoms with Crippen LogP contribution in [0.1, 0.15) is 12.8 Å². The van der Waals surface area contributed by atoms with Crippen molar-refractivity contribution in [1.29, 1.82) is 0 Å². The summed E-state index contributed by atoms with van der Waals surface area (Å²) in [5.41, 5.74) is 0.455. The third-order valence-electron chi connectivity index (χ3n) is 4.69. The average molecular weight is 420 g/mol. The Kier molecular flexibility index (Phi) is 7.18. The van der Waals surface area contributed by atoms with Gasteiger partial charge in [-0.3, -0.25) is 4.79 Å². The highest BCUT2D eigenvalue weighted by Gasteiger charge is 2.33. The molecule has 29 heavy (non-hydrogen) atoms. The molecule has 0 saturated carbocycles. The number of ether oxygens (including phenoxy) is 2. The van der Waals surface area contributed by atoms with E-state index in [0.717, 1.165) is 0 Å². The summed E-state index contributed by atoms with van der Waals surface area (Å²) in [5, 5.41) is 2.83. The predicted octanol–water partition coefficient (Wildman–Crippen LogP) is 2.15. The number of nitrogens with zero attached hydrogens (tertiary/aromatic N) is 2. The number of hydrogen-bond acceptors (Lipinski definition) is 6. The standard InChI is InChI=1S/C20H25N3O5S/c1-27-13-14-28-20-18(10-5-11-21-20)22-19(24)16-7-6-12-23(15-16)29(25,26)17-8-3-2-4-9-17/h2-5,8-11,16H,6-7,12-15H2,1H3,(H,22,24). The van der Waals surface area contributed by atoms with Crippen molar-refractivity contribution in [2.75, 3.05) is 38.7 Å². The number of hydrogen-bond donors (Lipinski definition) is 1. The number of sulfonamides is 1. The Morgan fingerprint density at radius 1 is 1.21 bits per heavy atom. The zero-order valence-corrected chi connectivity index (χ0v) is 17.1. The van der Waals surface area contributed by atoms with Gasteiger partial charge in [0.2, 0.25) is 21.8 Å². The first-order chi connectivity index (χ1) is 14.0. The van der Waals surface area contributed by atoms with Crippen molar-refractivity contribution in [3.63, 3.8) is 0 Å². The van der Waals surface area contributed by atoms with Crippen molar-refractivity contribution in [2.45, 2.75) is 17.7 Å². The monoisotopic (exact) mass is 419 g/mol. The van der Waals surface area contributed by atoms with Crippen LogP contribution in [-0.4, -0.2) is 57.0 Å². The van der Waals surface area contributed by atoms with E-state index in [0.29, 0.717) is 44.2 Å². The van der Waals surface area contributed by atoms with Gasteiger partial charge in [0.25, 0.3) is 0 Å². The van der Waals surface area contributed by atoms with Gasteiger partial charge in [-0.05, 0) is 37.1 Å². The quantitative estimate of drug-likeness (QED) is 0.659. The van der Waals surface area contributed by atoms with Crippen molar-refractivity contribution in [2.24, 2.45) is 5.92 Å². The molecule has 0 spiro atoms. The Balaban J connectivity index is 1.68. The first kappa shape index (κ1) is 21.2. The van der Waals surface area contributed by atoms with Gasteiger partial charge in [0.05, 0.1) is 17.4 Å². The fourth-order valence-electron chi connectivity index (χ4n) is 3.17. The molecule has 9 heteroatoms. The Hall–Kier alpha value is -2.49. The van der Waals surface area contributed by atoms with E-state index in [1.165, 1.54) is 4.31 Å². The van der Waals surface area contributed by atoms with Gasteiger partial charge < -0.3 is 14.8 Å². The summed E-state index contributed by atoms with van der Waals surface area (Å²) in [5.74, 6) is -0.390. The molecule has 1 aliphatic heterocycles. The van der Waals surface area contributed by atoms with Gasteiger partial charge >= 0.3 is 0 Å². The van der Waals surface area contributed by atoms with Crippen LogP contribution in [0.5, 0.6) is 5.88 Å². The Labute approximate surface area is 170 Å². The largest absolute Gasteiger partial charge is 0.474 e. The van der Waals surface area contributed by atoms with E-state index in [9.17, 15) is 13.2 Å². The van der Waals surface area contributed by atoms with Gasteiger partial charge in [-0.25, -0.2) is 13.4 Å². The first-order valence-corrected chi connectivity index (χ1v) is 10.9. The molecule has 0 radical (unpaired) electrons. The lowest BCUT2D eigenvalue weighted by Crippen LogP contribution is -2.43. The third-order valence-corrected chi connectivity index (χ3v) is 6.57. The predicted molar refractivity (Wildman–Crippen MR) is 108 cm³/mol. The van der Waals surface area contributed by atoms with Gasteiger partial charge in [0.1, 0.15) is 12.3 Å². The second kappa shape index (κ2) is 9.82. The van der Waals surface area contributed by atoms with Gasteiger partial charge in [-0.1, -0.05) is 18.2 Å². The minimum atomic E-state index is -3.62. The van der Waals surface area contributed by atoms with Gasteiger partial charge in [0, 0.05) is 26.4 Å². The van der Waals surface area contributed by atoms with E-state index in [1.807, 2.05) is 0 Å². The van der Waals surface area contributed by atoms with E-state index in [1.54, 1.807) is 55.8 Å². The van der Waals surface area contributed by atoms with Crippen molar-refractivity contribution in [3.8, 4) is 5.88 Å². The Morgan fingerprint density at radius 2 is 2.00 bits per heavy atom. The smallest absolute Gasteiger partial charge is 0.243 e. The normalized spacial score (nSPS) is 17.6. The van der Waals surface area contributed by atoms with E-state index in [2.05, 4.69) is 10.3 Å². The number of carbonyl (C=O) groups excluding carboxylic acids is 1. The summed E-state index contributed by atoms with van der Waals surface area (Å²) in [4.78, 5) is 17.2. The lowest BCUT2D eigenvalue weighted by molar-refractivity contribution is -0.120. The first-order valence-electron chi connectivity index (χ1n) is 9.45. The fraction of sp³-hybridized carbons (Fsp3) is 0.400. The number of nitrogens with one attached hydrogen (secondary N) is 1. The van der Waals surface area contributed by atoms with Crippen LogP contribution in [0.3, 0.4) is 0 Å². The maximum absolute atomic E-state index is 12.9. The van der Waals surface area contributed by atoms with Crippen molar-refractivity contribution in [3.05, 3.63) is 48.7 Å². The second-order valence-corrected chi connectivity index (χ2v) is 8.64. The molecule has 1 atom stereocenters. The van der Waals surface area contributed by atoms with Crippen LogP contribution >= 0.6 is 0 Å². The molecule has 1 saturated heterocycles. The van der Waals surface area contributed by atoms with E-state index < -0.39 is 15.9 Å². The number of methoxy groups -OCH3 is 1. The molecule has 2 heterocycles. The molecule has 0 bridgehead atoms. The Bertz CT molecular complexity index is 921. The van der Waals surface area contributed by atoms with Crippen molar-refractivity contribution < 1.29 is 22.7 Å². The molecule has 1 fully saturated rings. The van der Waals surface area contributed by atoms with E-state index in [-0.39, 0.29) is 17.3 Å².